The minimum absolute atomic E-state index is 0.0150. The molecule has 0 bridgehead atoms. The van der Waals surface area contributed by atoms with Crippen molar-refractivity contribution >= 4 is 34.0 Å². The van der Waals surface area contributed by atoms with Gasteiger partial charge in [-0.25, -0.2) is 9.97 Å². The fourth-order valence-corrected chi connectivity index (χ4v) is 3.31. The quantitative estimate of drug-likeness (QED) is 0.230. The Morgan fingerprint density at radius 3 is 2.75 bits per heavy atom. The zero-order valence-electron chi connectivity index (χ0n) is 21.1. The molecule has 36 heavy (non-hydrogen) atoms. The van der Waals surface area contributed by atoms with Crippen LogP contribution in [-0.4, -0.2) is 59.9 Å². The van der Waals surface area contributed by atoms with Gasteiger partial charge in [-0.3, -0.25) is 4.79 Å². The second-order valence-corrected chi connectivity index (χ2v) is 8.01. The fraction of sp³-hybridized carbons (Fsp3) is 0.333. The first kappa shape index (κ1) is 26.3. The molecular formula is C27H31N5O4. The van der Waals surface area contributed by atoms with Crippen LogP contribution in [0.3, 0.4) is 0 Å². The Morgan fingerprint density at radius 2 is 2.03 bits per heavy atom. The van der Waals surface area contributed by atoms with Gasteiger partial charge in [0.2, 0.25) is 5.91 Å². The molecule has 3 rings (SSSR count). The first-order valence-electron chi connectivity index (χ1n) is 11.6. The summed E-state index contributed by atoms with van der Waals surface area (Å²) in [4.78, 5) is 27.0. The molecule has 2 aromatic carbocycles. The standard InChI is InChI=1S/C27H31N5O4/c1-6-9-22(31-36-7-2)17-35-24-13-12-21(16-19(24)3)30-27-26-23(28-18-29-27)10-8-11-25(26)34-15-14-32(5)20(4)33/h1,8,10-13,16,18H,7,9,14-15,17H2,2-5H3,(H,28,29,30)/b31-22+. The van der Waals surface area contributed by atoms with Gasteiger partial charge in [-0.15, -0.1) is 12.3 Å². The van der Waals surface area contributed by atoms with Crippen molar-refractivity contribution in [1.29, 1.82) is 0 Å². The number of oxime groups is 1. The molecule has 0 aliphatic rings. The monoisotopic (exact) mass is 489 g/mol. The van der Waals surface area contributed by atoms with E-state index in [1.165, 1.54) is 13.3 Å². The topological polar surface area (TPSA) is 98.2 Å². The largest absolute Gasteiger partial charge is 0.491 e. The van der Waals surface area contributed by atoms with Crippen molar-refractivity contribution in [2.24, 2.45) is 5.16 Å². The number of benzene rings is 2. The van der Waals surface area contributed by atoms with Crippen molar-refractivity contribution in [2.75, 3.05) is 38.7 Å². The summed E-state index contributed by atoms with van der Waals surface area (Å²) in [7, 11) is 1.74. The van der Waals surface area contributed by atoms with Crippen molar-refractivity contribution in [3.63, 3.8) is 0 Å². The summed E-state index contributed by atoms with van der Waals surface area (Å²) in [6.45, 7) is 6.87. The molecule has 0 fully saturated rings. The maximum atomic E-state index is 11.5. The molecule has 0 aliphatic carbocycles. The third-order valence-corrected chi connectivity index (χ3v) is 5.31. The van der Waals surface area contributed by atoms with Crippen LogP contribution in [0.5, 0.6) is 11.5 Å². The lowest BCUT2D eigenvalue weighted by atomic mass is 10.1. The summed E-state index contributed by atoms with van der Waals surface area (Å²) in [5, 5.41) is 8.14. The number of carbonyl (C=O) groups excluding carboxylic acids is 1. The highest BCUT2D eigenvalue weighted by molar-refractivity contribution is 5.95. The Kier molecular flexibility index (Phi) is 9.46. The number of rotatable bonds is 12. The molecule has 1 aromatic heterocycles. The van der Waals surface area contributed by atoms with Gasteiger partial charge in [-0.05, 0) is 49.7 Å². The molecule has 0 unspecified atom stereocenters. The summed E-state index contributed by atoms with van der Waals surface area (Å²) in [6, 6.07) is 11.4. The van der Waals surface area contributed by atoms with E-state index < -0.39 is 0 Å². The number of aryl methyl sites for hydroxylation is 1. The van der Waals surface area contributed by atoms with Crippen LogP contribution in [0, 0.1) is 19.3 Å². The molecule has 0 aliphatic heterocycles. The number of fused-ring (bicyclic) bond motifs is 1. The van der Waals surface area contributed by atoms with Crippen molar-refractivity contribution in [3.8, 4) is 23.8 Å². The van der Waals surface area contributed by atoms with Gasteiger partial charge in [-0.2, -0.15) is 0 Å². The highest BCUT2D eigenvalue weighted by atomic mass is 16.6. The zero-order valence-corrected chi connectivity index (χ0v) is 21.1. The van der Waals surface area contributed by atoms with Crippen molar-refractivity contribution in [3.05, 3.63) is 48.3 Å². The highest BCUT2D eigenvalue weighted by Gasteiger charge is 2.12. The predicted molar refractivity (Wildman–Crippen MR) is 141 cm³/mol. The Hall–Kier alpha value is -4.32. The first-order valence-corrected chi connectivity index (χ1v) is 11.6. The van der Waals surface area contributed by atoms with Crippen LogP contribution in [-0.2, 0) is 9.63 Å². The molecule has 9 heteroatoms. The normalized spacial score (nSPS) is 11.0. The van der Waals surface area contributed by atoms with Gasteiger partial charge in [0.15, 0.2) is 0 Å². The summed E-state index contributed by atoms with van der Waals surface area (Å²) in [6.07, 6.45) is 7.27. The summed E-state index contributed by atoms with van der Waals surface area (Å²) in [5.74, 6) is 4.52. The smallest absolute Gasteiger partial charge is 0.219 e. The van der Waals surface area contributed by atoms with Crippen LogP contribution in [0.2, 0.25) is 0 Å². The molecule has 188 valence electrons. The minimum atomic E-state index is -0.0150. The zero-order chi connectivity index (χ0) is 25.9. The average molecular weight is 490 g/mol. The maximum absolute atomic E-state index is 11.5. The molecule has 0 atom stereocenters. The Bertz CT molecular complexity index is 1260. The van der Waals surface area contributed by atoms with E-state index in [0.29, 0.717) is 49.2 Å². The number of hydrogen-bond donors (Lipinski definition) is 1. The van der Waals surface area contributed by atoms with Gasteiger partial charge < -0.3 is 24.5 Å². The molecule has 0 saturated heterocycles. The Labute approximate surface area is 211 Å². The Balaban J connectivity index is 1.76. The lowest BCUT2D eigenvalue weighted by Gasteiger charge is -2.17. The van der Waals surface area contributed by atoms with Gasteiger partial charge in [0.1, 0.15) is 49.2 Å². The van der Waals surface area contributed by atoms with E-state index in [1.54, 1.807) is 11.9 Å². The molecular weight excluding hydrogens is 458 g/mol. The van der Waals surface area contributed by atoms with Crippen LogP contribution < -0.4 is 14.8 Å². The number of carbonyl (C=O) groups is 1. The number of anilines is 2. The second-order valence-electron chi connectivity index (χ2n) is 8.01. The molecule has 0 spiro atoms. The summed E-state index contributed by atoms with van der Waals surface area (Å²) >= 11 is 0. The van der Waals surface area contributed by atoms with E-state index in [4.69, 9.17) is 20.7 Å². The molecule has 3 aromatic rings. The van der Waals surface area contributed by atoms with Gasteiger partial charge in [0.05, 0.1) is 23.9 Å². The number of nitrogens with zero attached hydrogens (tertiary/aromatic N) is 4. The number of likely N-dealkylation sites (N-methyl/N-ethyl adjacent to an activating group) is 1. The van der Waals surface area contributed by atoms with Gasteiger partial charge in [0, 0.05) is 19.7 Å². The third-order valence-electron chi connectivity index (χ3n) is 5.31. The molecule has 0 radical (unpaired) electrons. The molecule has 1 heterocycles. The van der Waals surface area contributed by atoms with Crippen molar-refractivity contribution < 1.29 is 19.1 Å². The van der Waals surface area contributed by atoms with Crippen LogP contribution in [0.1, 0.15) is 25.8 Å². The van der Waals surface area contributed by atoms with E-state index in [9.17, 15) is 4.79 Å². The third kappa shape index (κ3) is 7.09. The molecule has 0 saturated carbocycles. The minimum Gasteiger partial charge on any atom is -0.491 e. The molecule has 9 nitrogen and oxygen atoms in total. The lowest BCUT2D eigenvalue weighted by molar-refractivity contribution is -0.127. The van der Waals surface area contributed by atoms with E-state index in [2.05, 4.69) is 26.4 Å². The molecule has 1 amide bonds. The number of nitrogens with one attached hydrogen (secondary N) is 1. The molecule has 1 N–H and O–H groups in total. The highest BCUT2D eigenvalue weighted by Crippen LogP contribution is 2.32. The fourth-order valence-electron chi connectivity index (χ4n) is 3.31. The van der Waals surface area contributed by atoms with E-state index in [1.807, 2.05) is 50.2 Å². The van der Waals surface area contributed by atoms with Crippen LogP contribution in [0.15, 0.2) is 47.9 Å². The number of terminal acetylenes is 1. The van der Waals surface area contributed by atoms with Gasteiger partial charge >= 0.3 is 0 Å². The van der Waals surface area contributed by atoms with Gasteiger partial charge in [-0.1, -0.05) is 11.2 Å². The van der Waals surface area contributed by atoms with E-state index in [-0.39, 0.29) is 12.5 Å². The second kappa shape index (κ2) is 13.0. The van der Waals surface area contributed by atoms with E-state index >= 15 is 0 Å². The summed E-state index contributed by atoms with van der Waals surface area (Å²) < 4.78 is 11.9. The number of amides is 1. The SMILES string of the molecule is C#CC/C(COc1ccc(Nc2ncnc3cccc(OCCN(C)C(C)=O)c23)cc1C)=N\OCC. The first-order chi connectivity index (χ1) is 17.4. The van der Waals surface area contributed by atoms with Gasteiger partial charge in [0.25, 0.3) is 0 Å². The van der Waals surface area contributed by atoms with E-state index in [0.717, 1.165) is 22.2 Å². The van der Waals surface area contributed by atoms with Crippen LogP contribution in [0.4, 0.5) is 11.5 Å². The van der Waals surface area contributed by atoms with Crippen LogP contribution >= 0.6 is 0 Å². The average Bonchev–Trinajstić information content (AvgIpc) is 2.86. The summed E-state index contributed by atoms with van der Waals surface area (Å²) in [5.41, 5.74) is 3.16. The maximum Gasteiger partial charge on any atom is 0.219 e. The van der Waals surface area contributed by atoms with Crippen molar-refractivity contribution in [2.45, 2.75) is 27.2 Å². The number of aromatic nitrogens is 2. The van der Waals surface area contributed by atoms with Crippen LogP contribution in [0.25, 0.3) is 10.9 Å². The number of hydrogen-bond acceptors (Lipinski definition) is 8. The number of ether oxygens (including phenoxy) is 2. The predicted octanol–water partition coefficient (Wildman–Crippen LogP) is 4.33. The lowest BCUT2D eigenvalue weighted by Crippen LogP contribution is -2.28. The van der Waals surface area contributed by atoms with Crippen molar-refractivity contribution in [1.82, 2.24) is 14.9 Å². The Morgan fingerprint density at radius 1 is 1.19 bits per heavy atom.